The molecule has 0 bridgehead atoms. The van der Waals surface area contributed by atoms with Crippen molar-refractivity contribution < 1.29 is 19.4 Å². The average Bonchev–Trinajstić information content (AvgIpc) is 2.83. The second kappa shape index (κ2) is 6.13. The summed E-state index contributed by atoms with van der Waals surface area (Å²) in [5.41, 5.74) is 1.97. The summed E-state index contributed by atoms with van der Waals surface area (Å²) in [6, 6.07) is 2.43. The maximum absolute atomic E-state index is 11.6. The summed E-state index contributed by atoms with van der Waals surface area (Å²) in [5.74, 6) is -0.272. The minimum atomic E-state index is -1.08. The van der Waals surface area contributed by atoms with Crippen molar-refractivity contribution >= 4 is 27.9 Å². The first kappa shape index (κ1) is 14.6. The van der Waals surface area contributed by atoms with E-state index < -0.39 is 18.0 Å². The van der Waals surface area contributed by atoms with Gasteiger partial charge in [0.1, 0.15) is 11.8 Å². The van der Waals surface area contributed by atoms with E-state index >= 15 is 0 Å². The number of carboxylic acids is 1. The third-order valence-electron chi connectivity index (χ3n) is 2.98. The summed E-state index contributed by atoms with van der Waals surface area (Å²) in [4.78, 5) is 22.2. The van der Waals surface area contributed by atoms with Crippen molar-refractivity contribution in [3.05, 3.63) is 27.7 Å². The highest BCUT2D eigenvalue weighted by atomic mass is 79.9. The molecule has 1 atom stereocenters. The number of urea groups is 1. The van der Waals surface area contributed by atoms with Crippen LogP contribution >= 0.6 is 15.9 Å². The van der Waals surface area contributed by atoms with E-state index in [2.05, 4.69) is 26.6 Å². The molecule has 7 heteroatoms. The second-order valence-corrected chi connectivity index (χ2v) is 5.45. The standard InChI is InChI=1S/C13H15BrN2O4/c1-7(12(17)18)16-13(19)15-6-9-5-10(14)4-8-2-3-20-11(8)9/h4-5,7H,2-3,6H2,1H3,(H,17,18)(H2,15,16,19). The summed E-state index contributed by atoms with van der Waals surface area (Å²) >= 11 is 3.42. The number of ether oxygens (including phenoxy) is 1. The molecule has 1 heterocycles. The van der Waals surface area contributed by atoms with Gasteiger partial charge in [0.2, 0.25) is 0 Å². The fraction of sp³-hybridized carbons (Fsp3) is 0.385. The third-order valence-corrected chi connectivity index (χ3v) is 3.44. The molecule has 0 radical (unpaired) electrons. The Labute approximate surface area is 124 Å². The molecule has 1 aliphatic heterocycles. The molecule has 1 aromatic carbocycles. The Morgan fingerprint density at radius 1 is 1.50 bits per heavy atom. The fourth-order valence-electron chi connectivity index (χ4n) is 1.96. The van der Waals surface area contributed by atoms with Gasteiger partial charge in [-0.2, -0.15) is 0 Å². The van der Waals surface area contributed by atoms with E-state index in [4.69, 9.17) is 9.84 Å². The molecule has 108 valence electrons. The first-order valence-corrected chi connectivity index (χ1v) is 6.98. The van der Waals surface area contributed by atoms with Crippen LogP contribution in [0, 0.1) is 0 Å². The van der Waals surface area contributed by atoms with Gasteiger partial charge in [0.05, 0.1) is 6.61 Å². The molecular weight excluding hydrogens is 328 g/mol. The molecule has 0 aliphatic carbocycles. The Hall–Kier alpha value is -1.76. The summed E-state index contributed by atoms with van der Waals surface area (Å²) < 4.78 is 6.48. The molecule has 1 unspecified atom stereocenters. The molecule has 0 saturated heterocycles. The number of rotatable bonds is 4. The van der Waals surface area contributed by atoms with Gasteiger partial charge in [-0.25, -0.2) is 4.79 Å². The number of halogens is 1. The zero-order valence-corrected chi connectivity index (χ0v) is 12.5. The highest BCUT2D eigenvalue weighted by Crippen LogP contribution is 2.32. The molecule has 0 aromatic heterocycles. The predicted octanol–water partition coefficient (Wildman–Crippen LogP) is 1.66. The lowest BCUT2D eigenvalue weighted by Gasteiger charge is -2.13. The maximum Gasteiger partial charge on any atom is 0.325 e. The Balaban J connectivity index is 1.98. The van der Waals surface area contributed by atoms with Crippen molar-refractivity contribution in [2.24, 2.45) is 0 Å². The monoisotopic (exact) mass is 342 g/mol. The molecule has 2 amide bonds. The molecule has 1 aliphatic rings. The van der Waals surface area contributed by atoms with Crippen LogP contribution in [-0.4, -0.2) is 29.8 Å². The van der Waals surface area contributed by atoms with Crippen molar-refractivity contribution in [3.8, 4) is 5.75 Å². The normalized spacial score (nSPS) is 14.1. The number of amides is 2. The number of carbonyl (C=O) groups is 2. The number of benzene rings is 1. The molecule has 1 aromatic rings. The molecule has 6 nitrogen and oxygen atoms in total. The van der Waals surface area contributed by atoms with Gasteiger partial charge in [-0.05, 0) is 24.6 Å². The largest absolute Gasteiger partial charge is 0.493 e. The van der Waals surface area contributed by atoms with Crippen LogP contribution in [-0.2, 0) is 17.8 Å². The minimum absolute atomic E-state index is 0.278. The van der Waals surface area contributed by atoms with Gasteiger partial charge in [-0.15, -0.1) is 0 Å². The topological polar surface area (TPSA) is 87.7 Å². The second-order valence-electron chi connectivity index (χ2n) is 4.54. The SMILES string of the molecule is CC(NC(=O)NCc1cc(Br)cc2c1OCC2)C(=O)O. The van der Waals surface area contributed by atoms with E-state index in [0.717, 1.165) is 27.8 Å². The lowest BCUT2D eigenvalue weighted by atomic mass is 10.1. The van der Waals surface area contributed by atoms with Crippen LogP contribution in [0.4, 0.5) is 4.79 Å². The van der Waals surface area contributed by atoms with Gasteiger partial charge in [0.15, 0.2) is 0 Å². The molecule has 0 spiro atoms. The molecule has 3 N–H and O–H groups in total. The van der Waals surface area contributed by atoms with Crippen LogP contribution in [0.2, 0.25) is 0 Å². The van der Waals surface area contributed by atoms with Crippen LogP contribution in [0.5, 0.6) is 5.75 Å². The molecular formula is C13H15BrN2O4. The van der Waals surface area contributed by atoms with Gasteiger partial charge in [0, 0.05) is 23.0 Å². The van der Waals surface area contributed by atoms with Crippen LogP contribution in [0.3, 0.4) is 0 Å². The van der Waals surface area contributed by atoms with Crippen molar-refractivity contribution in [1.82, 2.24) is 10.6 Å². The van der Waals surface area contributed by atoms with Crippen LogP contribution < -0.4 is 15.4 Å². The highest BCUT2D eigenvalue weighted by Gasteiger charge is 2.18. The number of hydrogen-bond donors (Lipinski definition) is 3. The number of carboxylic acid groups (broad SMARTS) is 1. The van der Waals surface area contributed by atoms with Gasteiger partial charge < -0.3 is 20.5 Å². The first-order chi connectivity index (χ1) is 9.47. The van der Waals surface area contributed by atoms with Gasteiger partial charge >= 0.3 is 12.0 Å². The Morgan fingerprint density at radius 3 is 2.95 bits per heavy atom. The summed E-state index contributed by atoms with van der Waals surface area (Å²) in [6.07, 6.45) is 0.851. The fourth-order valence-corrected chi connectivity index (χ4v) is 2.51. The van der Waals surface area contributed by atoms with Crippen LogP contribution in [0.15, 0.2) is 16.6 Å². The number of aliphatic carboxylic acids is 1. The van der Waals surface area contributed by atoms with Gasteiger partial charge in [-0.1, -0.05) is 15.9 Å². The molecule has 20 heavy (non-hydrogen) atoms. The highest BCUT2D eigenvalue weighted by molar-refractivity contribution is 9.10. The number of fused-ring (bicyclic) bond motifs is 1. The number of carbonyl (C=O) groups excluding carboxylic acids is 1. The molecule has 0 saturated carbocycles. The van der Waals surface area contributed by atoms with E-state index in [9.17, 15) is 9.59 Å². The number of hydrogen-bond acceptors (Lipinski definition) is 3. The van der Waals surface area contributed by atoms with E-state index in [1.807, 2.05) is 12.1 Å². The predicted molar refractivity (Wildman–Crippen MR) is 75.8 cm³/mol. The van der Waals surface area contributed by atoms with Crippen molar-refractivity contribution in [2.45, 2.75) is 25.9 Å². The quantitative estimate of drug-likeness (QED) is 0.776. The third kappa shape index (κ3) is 3.41. The van der Waals surface area contributed by atoms with Crippen molar-refractivity contribution in [3.63, 3.8) is 0 Å². The minimum Gasteiger partial charge on any atom is -0.493 e. The van der Waals surface area contributed by atoms with Crippen molar-refractivity contribution in [2.75, 3.05) is 6.61 Å². The zero-order valence-electron chi connectivity index (χ0n) is 10.9. The Bertz CT molecular complexity index is 547. The molecule has 0 fully saturated rings. The van der Waals surface area contributed by atoms with E-state index in [1.54, 1.807) is 0 Å². The summed E-state index contributed by atoms with van der Waals surface area (Å²) in [7, 11) is 0. The lowest BCUT2D eigenvalue weighted by Crippen LogP contribution is -2.44. The summed E-state index contributed by atoms with van der Waals surface area (Å²) in [6.45, 7) is 2.32. The average molecular weight is 343 g/mol. The Kier molecular flexibility index (Phi) is 4.49. The van der Waals surface area contributed by atoms with Crippen molar-refractivity contribution in [1.29, 1.82) is 0 Å². The van der Waals surface area contributed by atoms with E-state index in [-0.39, 0.29) is 6.54 Å². The van der Waals surface area contributed by atoms with Gasteiger partial charge in [-0.3, -0.25) is 4.79 Å². The Morgan fingerprint density at radius 2 is 2.25 bits per heavy atom. The zero-order chi connectivity index (χ0) is 14.7. The lowest BCUT2D eigenvalue weighted by molar-refractivity contribution is -0.138. The first-order valence-electron chi connectivity index (χ1n) is 6.18. The number of nitrogens with one attached hydrogen (secondary N) is 2. The maximum atomic E-state index is 11.6. The smallest absolute Gasteiger partial charge is 0.325 e. The van der Waals surface area contributed by atoms with E-state index in [1.165, 1.54) is 6.92 Å². The van der Waals surface area contributed by atoms with E-state index in [0.29, 0.717) is 6.61 Å². The van der Waals surface area contributed by atoms with Crippen LogP contribution in [0.25, 0.3) is 0 Å². The molecule has 2 rings (SSSR count). The van der Waals surface area contributed by atoms with Crippen LogP contribution in [0.1, 0.15) is 18.1 Å². The summed E-state index contributed by atoms with van der Waals surface area (Å²) in [5, 5.41) is 13.7. The van der Waals surface area contributed by atoms with Gasteiger partial charge in [0.25, 0.3) is 0 Å².